The molecule has 1 fully saturated rings. The zero-order valence-electron chi connectivity index (χ0n) is 8.71. The molecule has 0 bridgehead atoms. The Balaban J connectivity index is 1.99. The normalized spacial score (nSPS) is 30.6. The van der Waals surface area contributed by atoms with E-state index in [1.807, 2.05) is 0 Å². The summed E-state index contributed by atoms with van der Waals surface area (Å²) in [4.78, 5) is 0. The topological polar surface area (TPSA) is 0 Å². The molecular weight excluding hydrogens is 168 g/mol. The summed E-state index contributed by atoms with van der Waals surface area (Å²) in [6.45, 7) is 0. The van der Waals surface area contributed by atoms with E-state index >= 15 is 0 Å². The van der Waals surface area contributed by atoms with E-state index in [1.165, 1.54) is 38.5 Å². The monoisotopic (exact) mass is 186 g/mol. The third-order valence-electron chi connectivity index (χ3n) is 4.15. The maximum atomic E-state index is 2.37. The fraction of sp³-hybridized carbons (Fsp3) is 0.571. The van der Waals surface area contributed by atoms with Gasteiger partial charge < -0.3 is 0 Å². The minimum absolute atomic E-state index is 0.911. The van der Waals surface area contributed by atoms with Crippen LogP contribution < -0.4 is 0 Å². The molecule has 3 rings (SSSR count). The second-order valence-electron chi connectivity index (χ2n) is 4.89. The lowest BCUT2D eigenvalue weighted by Crippen LogP contribution is -2.23. The molecule has 0 aromatic heterocycles. The Bertz CT molecular complexity index is 327. The number of hydrogen-bond donors (Lipinski definition) is 0. The summed E-state index contributed by atoms with van der Waals surface area (Å²) in [5, 5.41) is 0. The Kier molecular flexibility index (Phi) is 2.08. The molecule has 2 aliphatic rings. The highest BCUT2D eigenvalue weighted by Crippen LogP contribution is 2.44. The molecule has 0 heteroatoms. The van der Waals surface area contributed by atoms with Crippen LogP contribution in [-0.4, -0.2) is 0 Å². The molecule has 0 radical (unpaired) electrons. The average molecular weight is 186 g/mol. The second-order valence-corrected chi connectivity index (χ2v) is 4.89. The van der Waals surface area contributed by atoms with E-state index in [1.54, 1.807) is 11.1 Å². The second kappa shape index (κ2) is 3.42. The van der Waals surface area contributed by atoms with Crippen LogP contribution in [0, 0.1) is 5.92 Å². The van der Waals surface area contributed by atoms with E-state index in [4.69, 9.17) is 0 Å². The Morgan fingerprint density at radius 2 is 1.79 bits per heavy atom. The predicted molar refractivity (Wildman–Crippen MR) is 59.5 cm³/mol. The van der Waals surface area contributed by atoms with E-state index < -0.39 is 0 Å². The fourth-order valence-electron chi connectivity index (χ4n) is 3.43. The van der Waals surface area contributed by atoms with Crippen LogP contribution in [0.4, 0.5) is 0 Å². The molecule has 0 nitrogen and oxygen atoms in total. The standard InChI is InChI=1S/C14H18/c1-3-7-13-11(5-1)9-10-12-6-2-4-8-14(12)13/h1,3,5,7,12,14H,2,4,6,8-10H2/t12-,14-/m0/s1. The maximum Gasteiger partial charge on any atom is -0.0131 e. The van der Waals surface area contributed by atoms with Crippen molar-refractivity contribution in [2.24, 2.45) is 5.92 Å². The van der Waals surface area contributed by atoms with Crippen molar-refractivity contribution < 1.29 is 0 Å². The Morgan fingerprint density at radius 1 is 0.929 bits per heavy atom. The van der Waals surface area contributed by atoms with Crippen LogP contribution in [0.5, 0.6) is 0 Å². The van der Waals surface area contributed by atoms with Gasteiger partial charge in [0.25, 0.3) is 0 Å². The number of rotatable bonds is 0. The molecule has 0 spiro atoms. The van der Waals surface area contributed by atoms with Gasteiger partial charge in [-0.25, -0.2) is 0 Å². The molecule has 0 N–H and O–H groups in total. The van der Waals surface area contributed by atoms with Crippen molar-refractivity contribution in [3.8, 4) is 0 Å². The van der Waals surface area contributed by atoms with Crippen molar-refractivity contribution in [1.82, 2.24) is 0 Å². The van der Waals surface area contributed by atoms with Crippen molar-refractivity contribution in [2.75, 3.05) is 0 Å². The fourth-order valence-corrected chi connectivity index (χ4v) is 3.43. The van der Waals surface area contributed by atoms with Crippen LogP contribution in [0.25, 0.3) is 0 Å². The number of hydrogen-bond acceptors (Lipinski definition) is 0. The first-order chi connectivity index (χ1) is 6.95. The summed E-state index contributed by atoms with van der Waals surface area (Å²) in [6, 6.07) is 9.12. The molecule has 74 valence electrons. The SMILES string of the molecule is c1ccc2c(c1)CC[C@@H]1CCCC[C@H]21. The van der Waals surface area contributed by atoms with Gasteiger partial charge in [0.15, 0.2) is 0 Å². The Labute approximate surface area is 86.3 Å². The van der Waals surface area contributed by atoms with Gasteiger partial charge in [0.1, 0.15) is 0 Å². The molecule has 0 saturated heterocycles. The largest absolute Gasteiger partial charge is 0.0620 e. The number of benzene rings is 1. The van der Waals surface area contributed by atoms with Crippen LogP contribution in [0.3, 0.4) is 0 Å². The van der Waals surface area contributed by atoms with E-state index in [0.29, 0.717) is 0 Å². The lowest BCUT2D eigenvalue weighted by molar-refractivity contribution is 0.275. The smallest absolute Gasteiger partial charge is 0.0131 e. The summed E-state index contributed by atoms with van der Waals surface area (Å²) >= 11 is 0. The van der Waals surface area contributed by atoms with Gasteiger partial charge in [-0.15, -0.1) is 0 Å². The zero-order chi connectivity index (χ0) is 9.38. The average Bonchev–Trinajstić information content (AvgIpc) is 2.29. The van der Waals surface area contributed by atoms with Crippen molar-refractivity contribution in [1.29, 1.82) is 0 Å². The summed E-state index contributed by atoms with van der Waals surface area (Å²) in [7, 11) is 0. The highest BCUT2D eigenvalue weighted by molar-refractivity contribution is 5.33. The molecule has 0 aliphatic heterocycles. The number of fused-ring (bicyclic) bond motifs is 3. The van der Waals surface area contributed by atoms with E-state index in [2.05, 4.69) is 24.3 Å². The molecular formula is C14H18. The van der Waals surface area contributed by atoms with Crippen LogP contribution in [-0.2, 0) is 6.42 Å². The Hall–Kier alpha value is -0.780. The van der Waals surface area contributed by atoms with Crippen molar-refractivity contribution >= 4 is 0 Å². The zero-order valence-corrected chi connectivity index (χ0v) is 8.71. The molecule has 1 aromatic carbocycles. The van der Waals surface area contributed by atoms with Gasteiger partial charge in [-0.2, -0.15) is 0 Å². The van der Waals surface area contributed by atoms with Crippen LogP contribution in [0.15, 0.2) is 24.3 Å². The van der Waals surface area contributed by atoms with Gasteiger partial charge in [0.2, 0.25) is 0 Å². The van der Waals surface area contributed by atoms with Gasteiger partial charge in [-0.1, -0.05) is 37.1 Å². The first kappa shape index (κ1) is 8.52. The molecule has 1 saturated carbocycles. The molecule has 14 heavy (non-hydrogen) atoms. The highest BCUT2D eigenvalue weighted by atomic mass is 14.4. The molecule has 0 heterocycles. The van der Waals surface area contributed by atoms with Gasteiger partial charge in [-0.3, -0.25) is 0 Å². The first-order valence-corrected chi connectivity index (χ1v) is 6.03. The molecule has 2 aliphatic carbocycles. The maximum absolute atomic E-state index is 2.37. The van der Waals surface area contributed by atoms with Crippen LogP contribution in [0.1, 0.15) is 49.1 Å². The van der Waals surface area contributed by atoms with Gasteiger partial charge in [-0.05, 0) is 48.6 Å². The van der Waals surface area contributed by atoms with Gasteiger partial charge in [0, 0.05) is 0 Å². The van der Waals surface area contributed by atoms with E-state index in [0.717, 1.165) is 11.8 Å². The molecule has 0 amide bonds. The molecule has 0 unspecified atom stereocenters. The predicted octanol–water partition coefficient (Wildman–Crippen LogP) is 3.91. The summed E-state index contributed by atoms with van der Waals surface area (Å²) < 4.78 is 0. The summed E-state index contributed by atoms with van der Waals surface area (Å²) in [5.74, 6) is 1.92. The minimum atomic E-state index is 0.911. The molecule has 2 atom stereocenters. The van der Waals surface area contributed by atoms with Gasteiger partial charge >= 0.3 is 0 Å². The van der Waals surface area contributed by atoms with Crippen molar-refractivity contribution in [2.45, 2.75) is 44.4 Å². The third kappa shape index (κ3) is 1.28. The number of aryl methyl sites for hydroxylation is 1. The summed E-state index contributed by atoms with van der Waals surface area (Å²) in [6.07, 6.45) is 8.64. The highest BCUT2D eigenvalue weighted by Gasteiger charge is 2.30. The van der Waals surface area contributed by atoms with Gasteiger partial charge in [0.05, 0.1) is 0 Å². The van der Waals surface area contributed by atoms with Crippen molar-refractivity contribution in [3.63, 3.8) is 0 Å². The lowest BCUT2D eigenvalue weighted by atomic mass is 9.68. The lowest BCUT2D eigenvalue weighted by Gasteiger charge is -2.37. The van der Waals surface area contributed by atoms with E-state index in [-0.39, 0.29) is 0 Å². The summed E-state index contributed by atoms with van der Waals surface area (Å²) in [5.41, 5.74) is 3.32. The van der Waals surface area contributed by atoms with E-state index in [9.17, 15) is 0 Å². The first-order valence-electron chi connectivity index (χ1n) is 6.03. The minimum Gasteiger partial charge on any atom is -0.0620 e. The third-order valence-corrected chi connectivity index (χ3v) is 4.15. The van der Waals surface area contributed by atoms with Crippen LogP contribution >= 0.6 is 0 Å². The molecule has 1 aromatic rings. The Morgan fingerprint density at radius 3 is 2.79 bits per heavy atom. The van der Waals surface area contributed by atoms with Crippen LogP contribution in [0.2, 0.25) is 0 Å². The quantitative estimate of drug-likeness (QED) is 0.576. The van der Waals surface area contributed by atoms with Crippen molar-refractivity contribution in [3.05, 3.63) is 35.4 Å².